The molecular formula is C17H15F3N4O3. The van der Waals surface area contributed by atoms with Crippen LogP contribution in [0.4, 0.5) is 13.2 Å². The predicted octanol–water partition coefficient (Wildman–Crippen LogP) is 2.57. The first kappa shape index (κ1) is 18.5. The molecule has 0 fully saturated rings. The minimum Gasteiger partial charge on any atom is -0.493 e. The van der Waals surface area contributed by atoms with Crippen molar-refractivity contribution in [2.45, 2.75) is 12.8 Å². The lowest BCUT2D eigenvalue weighted by atomic mass is 10.1. The number of aromatic nitrogens is 4. The van der Waals surface area contributed by atoms with Crippen molar-refractivity contribution in [2.24, 2.45) is 7.05 Å². The molecule has 0 radical (unpaired) electrons. The summed E-state index contributed by atoms with van der Waals surface area (Å²) in [7, 11) is 2.78. The van der Waals surface area contributed by atoms with Crippen LogP contribution in [-0.2, 0) is 19.8 Å². The monoisotopic (exact) mass is 380 g/mol. The average molecular weight is 380 g/mol. The number of para-hydroxylation sites is 2. The Bertz CT molecular complexity index is 1010. The first-order chi connectivity index (χ1) is 12.8. The van der Waals surface area contributed by atoms with E-state index in [-0.39, 0.29) is 17.0 Å². The summed E-state index contributed by atoms with van der Waals surface area (Å²) < 4.78 is 53.0. The van der Waals surface area contributed by atoms with Crippen LogP contribution in [0.3, 0.4) is 0 Å². The third-order valence-corrected chi connectivity index (χ3v) is 3.85. The smallest absolute Gasteiger partial charge is 0.416 e. The zero-order valence-corrected chi connectivity index (χ0v) is 14.4. The lowest BCUT2D eigenvalue weighted by Crippen LogP contribution is -2.24. The van der Waals surface area contributed by atoms with Gasteiger partial charge in [0.25, 0.3) is 0 Å². The molecule has 0 unspecified atom stereocenters. The summed E-state index contributed by atoms with van der Waals surface area (Å²) in [4.78, 5) is 12.1. The molecule has 0 N–H and O–H groups in total. The Morgan fingerprint density at radius 3 is 2.33 bits per heavy atom. The first-order valence-corrected chi connectivity index (χ1v) is 7.77. The van der Waals surface area contributed by atoms with Crippen molar-refractivity contribution in [1.82, 2.24) is 19.8 Å². The van der Waals surface area contributed by atoms with Crippen LogP contribution in [0.5, 0.6) is 11.5 Å². The quantitative estimate of drug-likeness (QED) is 0.680. The van der Waals surface area contributed by atoms with E-state index in [4.69, 9.17) is 9.47 Å². The van der Waals surface area contributed by atoms with Crippen LogP contribution in [0.25, 0.3) is 5.69 Å². The standard InChI is InChI=1S/C17H15F3N4O3/c1-23-16(25)24(22-21-23)13-7-5-6-12(17(18,19)20)11(13)10-27-15-9-4-3-8-14(15)26-2/h3-9H,10H2,1-2H3. The number of methoxy groups -OCH3 is 1. The summed E-state index contributed by atoms with van der Waals surface area (Å²) in [6.45, 7) is -0.450. The second-order valence-corrected chi connectivity index (χ2v) is 5.54. The molecule has 0 bridgehead atoms. The number of ether oxygens (including phenoxy) is 2. The Morgan fingerprint density at radius 2 is 1.74 bits per heavy atom. The molecule has 0 amide bonds. The molecule has 0 atom stereocenters. The zero-order valence-electron chi connectivity index (χ0n) is 14.4. The Morgan fingerprint density at radius 1 is 1.04 bits per heavy atom. The molecule has 3 aromatic rings. The number of rotatable bonds is 5. The van der Waals surface area contributed by atoms with Crippen molar-refractivity contribution in [1.29, 1.82) is 0 Å². The molecule has 0 aliphatic rings. The highest BCUT2D eigenvalue weighted by Crippen LogP contribution is 2.35. The van der Waals surface area contributed by atoms with Gasteiger partial charge in [0.1, 0.15) is 6.61 Å². The van der Waals surface area contributed by atoms with Crippen LogP contribution in [0.15, 0.2) is 47.3 Å². The number of nitrogens with zero attached hydrogens (tertiary/aromatic N) is 4. The van der Waals surface area contributed by atoms with Crippen LogP contribution in [-0.4, -0.2) is 26.9 Å². The van der Waals surface area contributed by atoms with E-state index in [9.17, 15) is 18.0 Å². The van der Waals surface area contributed by atoms with Crippen molar-refractivity contribution in [3.63, 3.8) is 0 Å². The number of tetrazole rings is 1. The highest BCUT2D eigenvalue weighted by atomic mass is 19.4. The SMILES string of the molecule is COc1ccccc1OCc1c(-n2nnn(C)c2=O)cccc1C(F)(F)F. The summed E-state index contributed by atoms with van der Waals surface area (Å²) in [5.41, 5.74) is -1.89. The van der Waals surface area contributed by atoms with Crippen LogP contribution in [0.1, 0.15) is 11.1 Å². The van der Waals surface area contributed by atoms with E-state index in [0.717, 1.165) is 15.4 Å². The van der Waals surface area contributed by atoms with Gasteiger partial charge in [-0.3, -0.25) is 0 Å². The maximum absolute atomic E-state index is 13.5. The largest absolute Gasteiger partial charge is 0.493 e. The van der Waals surface area contributed by atoms with Gasteiger partial charge in [0.05, 0.1) is 18.4 Å². The van der Waals surface area contributed by atoms with Gasteiger partial charge in [0, 0.05) is 12.6 Å². The van der Waals surface area contributed by atoms with E-state index in [1.165, 1.54) is 26.3 Å². The predicted molar refractivity (Wildman–Crippen MR) is 88.9 cm³/mol. The highest BCUT2D eigenvalue weighted by molar-refractivity contribution is 5.47. The number of hydrogen-bond donors (Lipinski definition) is 0. The fraction of sp³-hybridized carbons (Fsp3) is 0.235. The molecule has 3 rings (SSSR count). The second-order valence-electron chi connectivity index (χ2n) is 5.54. The van der Waals surface area contributed by atoms with Gasteiger partial charge in [-0.25, -0.2) is 4.79 Å². The van der Waals surface area contributed by atoms with Crippen molar-refractivity contribution >= 4 is 0 Å². The lowest BCUT2D eigenvalue weighted by Gasteiger charge is -2.17. The third-order valence-electron chi connectivity index (χ3n) is 3.85. The molecule has 27 heavy (non-hydrogen) atoms. The molecule has 0 aliphatic heterocycles. The van der Waals surface area contributed by atoms with E-state index in [0.29, 0.717) is 5.75 Å². The zero-order chi connectivity index (χ0) is 19.6. The number of halogens is 3. The summed E-state index contributed by atoms with van der Waals surface area (Å²) in [5, 5.41) is 7.17. The van der Waals surface area contributed by atoms with E-state index < -0.39 is 24.0 Å². The number of alkyl halides is 3. The van der Waals surface area contributed by atoms with Gasteiger partial charge in [-0.2, -0.15) is 22.5 Å². The average Bonchev–Trinajstić information content (AvgIpc) is 2.98. The van der Waals surface area contributed by atoms with Gasteiger partial charge in [0.15, 0.2) is 11.5 Å². The molecule has 1 heterocycles. The minimum atomic E-state index is -4.64. The van der Waals surface area contributed by atoms with Crippen LogP contribution in [0, 0.1) is 0 Å². The second kappa shape index (κ2) is 7.14. The third kappa shape index (κ3) is 3.64. The summed E-state index contributed by atoms with van der Waals surface area (Å²) in [6, 6.07) is 10.0. The molecular weight excluding hydrogens is 365 g/mol. The van der Waals surface area contributed by atoms with Crippen molar-refractivity contribution in [3.8, 4) is 17.2 Å². The highest BCUT2D eigenvalue weighted by Gasteiger charge is 2.35. The van der Waals surface area contributed by atoms with Gasteiger partial charge in [-0.15, -0.1) is 0 Å². The summed E-state index contributed by atoms with van der Waals surface area (Å²) >= 11 is 0. The molecule has 0 saturated heterocycles. The molecule has 10 heteroatoms. The minimum absolute atomic E-state index is 0.0576. The van der Waals surface area contributed by atoms with E-state index in [2.05, 4.69) is 10.4 Å². The van der Waals surface area contributed by atoms with Crippen molar-refractivity contribution in [2.75, 3.05) is 7.11 Å². The topological polar surface area (TPSA) is 71.2 Å². The van der Waals surface area contributed by atoms with Gasteiger partial charge < -0.3 is 9.47 Å². The Hall–Kier alpha value is -3.30. The van der Waals surface area contributed by atoms with Crippen LogP contribution in [0.2, 0.25) is 0 Å². The van der Waals surface area contributed by atoms with Gasteiger partial charge in [-0.05, 0) is 34.7 Å². The maximum Gasteiger partial charge on any atom is 0.416 e. The molecule has 0 saturated carbocycles. The number of aryl methyl sites for hydroxylation is 1. The molecule has 0 aliphatic carbocycles. The Labute approximate surface area is 151 Å². The van der Waals surface area contributed by atoms with Gasteiger partial charge in [-0.1, -0.05) is 18.2 Å². The molecule has 0 spiro atoms. The van der Waals surface area contributed by atoms with E-state index in [1.807, 2.05) is 0 Å². The Balaban J connectivity index is 2.09. The molecule has 7 nitrogen and oxygen atoms in total. The molecule has 2 aromatic carbocycles. The van der Waals surface area contributed by atoms with E-state index >= 15 is 0 Å². The van der Waals surface area contributed by atoms with E-state index in [1.54, 1.807) is 24.3 Å². The normalized spacial score (nSPS) is 11.4. The fourth-order valence-corrected chi connectivity index (χ4v) is 2.54. The van der Waals surface area contributed by atoms with Crippen LogP contribution < -0.4 is 15.2 Å². The fourth-order valence-electron chi connectivity index (χ4n) is 2.54. The van der Waals surface area contributed by atoms with Gasteiger partial charge in [0.2, 0.25) is 0 Å². The van der Waals surface area contributed by atoms with Gasteiger partial charge >= 0.3 is 11.9 Å². The summed E-state index contributed by atoms with van der Waals surface area (Å²) in [5.74, 6) is 0.648. The lowest BCUT2D eigenvalue weighted by molar-refractivity contribution is -0.138. The number of benzene rings is 2. The molecule has 142 valence electrons. The van der Waals surface area contributed by atoms with Crippen molar-refractivity contribution < 1.29 is 22.6 Å². The maximum atomic E-state index is 13.5. The molecule has 1 aromatic heterocycles. The Kier molecular flexibility index (Phi) is 4.89. The van der Waals surface area contributed by atoms with Crippen molar-refractivity contribution in [3.05, 3.63) is 64.1 Å². The summed E-state index contributed by atoms with van der Waals surface area (Å²) in [6.07, 6.45) is -4.64. The van der Waals surface area contributed by atoms with Crippen LogP contribution >= 0.6 is 0 Å². The number of hydrogen-bond acceptors (Lipinski definition) is 5. The first-order valence-electron chi connectivity index (χ1n) is 7.77.